The Balaban J connectivity index is 1.79. The number of nitrogens with zero attached hydrogens (tertiary/aromatic N) is 4. The van der Waals surface area contributed by atoms with Gasteiger partial charge in [0.15, 0.2) is 0 Å². The molecule has 116 valence electrons. The smallest absolute Gasteiger partial charge is 0.247 e. The van der Waals surface area contributed by atoms with Crippen molar-refractivity contribution in [3.63, 3.8) is 0 Å². The predicted molar refractivity (Wildman–Crippen MR) is 89.5 cm³/mol. The fourth-order valence-corrected chi connectivity index (χ4v) is 3.04. The Labute approximate surface area is 135 Å². The fourth-order valence-electron chi connectivity index (χ4n) is 3.04. The van der Waals surface area contributed by atoms with Gasteiger partial charge in [-0.1, -0.05) is 18.2 Å². The summed E-state index contributed by atoms with van der Waals surface area (Å²) in [5.74, 6) is 0.561. The van der Waals surface area contributed by atoms with E-state index in [2.05, 4.69) is 63.4 Å². The van der Waals surface area contributed by atoms with Crippen LogP contribution in [0, 0.1) is 0 Å². The first-order chi connectivity index (χ1) is 11.3. The predicted octanol–water partition coefficient (Wildman–Crippen LogP) is 3.32. The lowest BCUT2D eigenvalue weighted by Gasteiger charge is -2.25. The largest absolute Gasteiger partial charge is 0.423 e. The quantitative estimate of drug-likeness (QED) is 0.727. The van der Waals surface area contributed by atoms with Crippen molar-refractivity contribution in [3.8, 4) is 11.5 Å². The summed E-state index contributed by atoms with van der Waals surface area (Å²) in [5, 5.41) is 7.78. The van der Waals surface area contributed by atoms with Gasteiger partial charge in [-0.15, -0.1) is 10.2 Å². The van der Waals surface area contributed by atoms with Crippen LogP contribution in [0.15, 0.2) is 59.3 Å². The van der Waals surface area contributed by atoms with E-state index in [1.54, 1.807) is 0 Å². The standard InChI is InChI=1S/C18H18N4O/c1-21-9-10-22(16-5-3-2-4-6-16)17-8-7-14(11-15(17)12-21)18-20-19-13-23-18/h2-8,11,13H,9-10,12H2,1H3. The van der Waals surface area contributed by atoms with E-state index in [9.17, 15) is 0 Å². The van der Waals surface area contributed by atoms with Crippen molar-refractivity contribution in [2.45, 2.75) is 6.54 Å². The first-order valence-electron chi connectivity index (χ1n) is 7.72. The Bertz CT molecular complexity index is 786. The topological polar surface area (TPSA) is 45.4 Å². The van der Waals surface area contributed by atoms with Crippen LogP contribution < -0.4 is 4.90 Å². The number of rotatable bonds is 2. The second kappa shape index (κ2) is 5.85. The molecule has 1 aromatic heterocycles. The van der Waals surface area contributed by atoms with Crippen LogP contribution in [0.2, 0.25) is 0 Å². The molecule has 2 heterocycles. The average molecular weight is 306 g/mol. The Hall–Kier alpha value is -2.66. The third kappa shape index (κ3) is 2.71. The Morgan fingerprint density at radius 1 is 1.04 bits per heavy atom. The van der Waals surface area contributed by atoms with E-state index in [-0.39, 0.29) is 0 Å². The van der Waals surface area contributed by atoms with E-state index in [1.165, 1.54) is 23.3 Å². The number of fused-ring (bicyclic) bond motifs is 1. The second-order valence-corrected chi connectivity index (χ2v) is 5.81. The molecule has 0 N–H and O–H groups in total. The Kier molecular flexibility index (Phi) is 3.55. The molecule has 3 aromatic rings. The van der Waals surface area contributed by atoms with Gasteiger partial charge in [-0.25, -0.2) is 0 Å². The molecule has 0 radical (unpaired) electrons. The zero-order valence-corrected chi connectivity index (χ0v) is 13.0. The molecule has 23 heavy (non-hydrogen) atoms. The summed E-state index contributed by atoms with van der Waals surface area (Å²) in [4.78, 5) is 4.70. The van der Waals surface area contributed by atoms with E-state index in [0.29, 0.717) is 5.89 Å². The Morgan fingerprint density at radius 3 is 2.70 bits per heavy atom. The molecule has 5 heteroatoms. The number of hydrogen-bond acceptors (Lipinski definition) is 5. The molecule has 4 rings (SSSR count). The van der Waals surface area contributed by atoms with Gasteiger partial charge in [-0.05, 0) is 42.9 Å². The van der Waals surface area contributed by atoms with Crippen molar-refractivity contribution in [3.05, 3.63) is 60.5 Å². The molecule has 2 aromatic carbocycles. The van der Waals surface area contributed by atoms with E-state index in [1.807, 2.05) is 12.1 Å². The third-order valence-corrected chi connectivity index (χ3v) is 4.19. The molecule has 0 amide bonds. The first-order valence-corrected chi connectivity index (χ1v) is 7.72. The van der Waals surface area contributed by atoms with Crippen molar-refractivity contribution >= 4 is 11.4 Å². The van der Waals surface area contributed by atoms with E-state index in [0.717, 1.165) is 25.2 Å². The number of hydrogen-bond donors (Lipinski definition) is 0. The van der Waals surface area contributed by atoms with Crippen molar-refractivity contribution in [1.29, 1.82) is 0 Å². The van der Waals surface area contributed by atoms with Gasteiger partial charge in [-0.2, -0.15) is 0 Å². The lowest BCUT2D eigenvalue weighted by Crippen LogP contribution is -2.26. The highest BCUT2D eigenvalue weighted by atomic mass is 16.4. The van der Waals surface area contributed by atoms with Gasteiger partial charge in [0.05, 0.1) is 0 Å². The minimum atomic E-state index is 0.561. The highest BCUT2D eigenvalue weighted by molar-refractivity contribution is 5.70. The van der Waals surface area contributed by atoms with Gasteiger partial charge in [0, 0.05) is 36.6 Å². The molecule has 0 unspecified atom stereocenters. The molecule has 0 fully saturated rings. The summed E-state index contributed by atoms with van der Waals surface area (Å²) in [5.41, 5.74) is 4.69. The van der Waals surface area contributed by atoms with Crippen molar-refractivity contribution < 1.29 is 4.42 Å². The zero-order valence-electron chi connectivity index (χ0n) is 13.0. The monoisotopic (exact) mass is 306 g/mol. The summed E-state index contributed by atoms with van der Waals surface area (Å²) in [6.45, 7) is 2.88. The van der Waals surface area contributed by atoms with Crippen LogP contribution in [0.25, 0.3) is 11.5 Å². The van der Waals surface area contributed by atoms with Crippen LogP contribution in [0.1, 0.15) is 5.56 Å². The maximum absolute atomic E-state index is 5.33. The average Bonchev–Trinajstić information content (AvgIpc) is 3.06. The molecular weight excluding hydrogens is 288 g/mol. The molecule has 0 atom stereocenters. The minimum absolute atomic E-state index is 0.561. The Morgan fingerprint density at radius 2 is 1.91 bits per heavy atom. The summed E-state index contributed by atoms with van der Waals surface area (Å²) in [6.07, 6.45) is 1.36. The van der Waals surface area contributed by atoms with E-state index in [4.69, 9.17) is 4.42 Å². The SMILES string of the molecule is CN1CCN(c2ccccc2)c2ccc(-c3nnco3)cc2C1. The number of para-hydroxylation sites is 1. The number of benzene rings is 2. The maximum Gasteiger partial charge on any atom is 0.247 e. The van der Waals surface area contributed by atoms with Gasteiger partial charge < -0.3 is 14.2 Å². The normalized spacial score (nSPS) is 15.3. The molecule has 0 saturated carbocycles. The molecule has 5 nitrogen and oxygen atoms in total. The molecule has 0 bridgehead atoms. The fraction of sp³-hybridized carbons (Fsp3) is 0.222. The first kappa shape index (κ1) is 14.0. The molecule has 0 spiro atoms. The number of aromatic nitrogens is 2. The van der Waals surface area contributed by atoms with Gasteiger partial charge in [-0.3, -0.25) is 0 Å². The van der Waals surface area contributed by atoms with Crippen LogP contribution in [0.4, 0.5) is 11.4 Å². The maximum atomic E-state index is 5.33. The molecule has 0 saturated heterocycles. The highest BCUT2D eigenvalue weighted by Gasteiger charge is 2.20. The van der Waals surface area contributed by atoms with E-state index >= 15 is 0 Å². The van der Waals surface area contributed by atoms with Crippen LogP contribution in [0.5, 0.6) is 0 Å². The molecular formula is C18H18N4O. The lowest BCUT2D eigenvalue weighted by molar-refractivity contribution is 0.343. The van der Waals surface area contributed by atoms with Gasteiger partial charge in [0.2, 0.25) is 12.3 Å². The van der Waals surface area contributed by atoms with Crippen molar-refractivity contribution in [1.82, 2.24) is 15.1 Å². The molecule has 1 aliphatic rings. The van der Waals surface area contributed by atoms with Gasteiger partial charge in [0.25, 0.3) is 0 Å². The van der Waals surface area contributed by atoms with Crippen LogP contribution in [0.3, 0.4) is 0 Å². The summed E-state index contributed by atoms with van der Waals surface area (Å²) in [6, 6.07) is 16.9. The highest BCUT2D eigenvalue weighted by Crippen LogP contribution is 2.33. The van der Waals surface area contributed by atoms with E-state index < -0.39 is 0 Å². The number of likely N-dealkylation sites (N-methyl/N-ethyl adjacent to an activating group) is 1. The molecule has 1 aliphatic heterocycles. The lowest BCUT2D eigenvalue weighted by atomic mass is 10.1. The van der Waals surface area contributed by atoms with Crippen molar-refractivity contribution in [2.24, 2.45) is 0 Å². The summed E-state index contributed by atoms with van der Waals surface area (Å²) >= 11 is 0. The summed E-state index contributed by atoms with van der Waals surface area (Å²) < 4.78 is 5.33. The minimum Gasteiger partial charge on any atom is -0.423 e. The van der Waals surface area contributed by atoms with Gasteiger partial charge >= 0.3 is 0 Å². The van der Waals surface area contributed by atoms with Crippen LogP contribution in [-0.2, 0) is 6.54 Å². The van der Waals surface area contributed by atoms with Crippen LogP contribution >= 0.6 is 0 Å². The van der Waals surface area contributed by atoms with Crippen molar-refractivity contribution in [2.75, 3.05) is 25.0 Å². The molecule has 0 aliphatic carbocycles. The third-order valence-electron chi connectivity index (χ3n) is 4.19. The second-order valence-electron chi connectivity index (χ2n) is 5.81. The number of anilines is 2. The zero-order chi connectivity index (χ0) is 15.6. The van der Waals surface area contributed by atoms with Gasteiger partial charge in [0.1, 0.15) is 0 Å². The van der Waals surface area contributed by atoms with Crippen LogP contribution in [-0.4, -0.2) is 35.2 Å². The summed E-state index contributed by atoms with van der Waals surface area (Å²) in [7, 11) is 2.15.